The van der Waals surface area contributed by atoms with Crippen molar-refractivity contribution in [2.24, 2.45) is 0 Å². The number of nitrogens with zero attached hydrogens (tertiary/aromatic N) is 6. The first-order chi connectivity index (χ1) is 21.1. The van der Waals surface area contributed by atoms with Crippen LogP contribution >= 0.6 is 84.8 Å². The molecule has 0 aromatic heterocycles. The summed E-state index contributed by atoms with van der Waals surface area (Å²) < 4.78 is 29.6. The van der Waals surface area contributed by atoms with E-state index in [4.69, 9.17) is 100 Å². The van der Waals surface area contributed by atoms with Gasteiger partial charge in [-0.3, -0.25) is 28.9 Å². The Bertz CT molecular complexity index is 1000. The fourth-order valence-electron chi connectivity index (χ4n) is 4.92. The number of carbonyl (C=O) groups excluding carboxylic acids is 2. The molecule has 4 fully saturated rings. The standard InChI is InChI=1S/2C10H17Cl3N3O2P.2NO3.2O.U/c2*11-10(12,13)9(17)14-19(18,15-5-1-2-6-15)16-7-3-4-8-16;2*2-1(3)4;;;/h2*1-8H2,(H,14,17,18);;;;;/q;;2*-1;2*-2;. The van der Waals surface area contributed by atoms with E-state index in [9.17, 15) is 18.7 Å². The Kier molecular flexibility index (Phi) is 27.0. The van der Waals surface area contributed by atoms with Crippen LogP contribution in [0.4, 0.5) is 0 Å². The zero-order valence-corrected chi connectivity index (χ0v) is 36.0. The number of alkyl halides is 6. The molecule has 0 aromatic rings. The van der Waals surface area contributed by atoms with Crippen molar-refractivity contribution in [2.75, 3.05) is 52.4 Å². The van der Waals surface area contributed by atoms with Crippen LogP contribution in [0.1, 0.15) is 51.4 Å². The van der Waals surface area contributed by atoms with Crippen molar-refractivity contribution in [2.45, 2.75) is 59.0 Å². The van der Waals surface area contributed by atoms with Crippen molar-refractivity contribution in [3.8, 4) is 0 Å². The summed E-state index contributed by atoms with van der Waals surface area (Å²) in [5.41, 5.74) is 0. The van der Waals surface area contributed by atoms with Crippen LogP contribution in [0, 0.1) is 61.8 Å². The second-order valence-corrected chi connectivity index (χ2v) is 19.5. The molecule has 4 heterocycles. The molecule has 4 aliphatic rings. The number of hydrogen-bond acceptors (Lipinski definition) is 10. The SMILES string of the molecule is O=C(NP(=O)(N1CCCC1)N1CCCC1)C(Cl)(Cl)Cl.O=C(NP(=O)(N1CCCC1)N1CCCC1)C(Cl)(Cl)Cl.O=[N+]([O-])[O-].O=[N+]([O-])[O-].[O-2].[O-2].[U]. The van der Waals surface area contributed by atoms with Gasteiger partial charge in [-0.25, -0.2) is 18.7 Å². The minimum atomic E-state index is -3.15. The first kappa shape index (κ1) is 53.7. The van der Waals surface area contributed by atoms with E-state index in [0.717, 1.165) is 51.4 Å². The Hall–Kier alpha value is 0.352. The molecule has 4 saturated heterocycles. The zero-order valence-electron chi connectivity index (χ0n) is 25.6. The van der Waals surface area contributed by atoms with E-state index in [1.165, 1.54) is 0 Å². The van der Waals surface area contributed by atoms with Crippen molar-refractivity contribution in [1.29, 1.82) is 0 Å². The molecule has 0 saturated carbocycles. The van der Waals surface area contributed by atoms with Crippen molar-refractivity contribution in [3.05, 3.63) is 30.6 Å². The molecule has 4 aliphatic heterocycles. The fourth-order valence-corrected chi connectivity index (χ4v) is 11.0. The van der Waals surface area contributed by atoms with Gasteiger partial charge in [-0.2, -0.15) is 0 Å². The van der Waals surface area contributed by atoms with E-state index in [2.05, 4.69) is 10.2 Å². The minimum Gasteiger partial charge on any atom is -2.00 e. The van der Waals surface area contributed by atoms with Crippen LogP contribution in [0.3, 0.4) is 0 Å². The summed E-state index contributed by atoms with van der Waals surface area (Å²) in [5, 5.41) is 34.5. The molecule has 49 heavy (non-hydrogen) atoms. The molecule has 0 unspecified atom stereocenters. The van der Waals surface area contributed by atoms with Crippen molar-refractivity contribution in [1.82, 2.24) is 28.9 Å². The first-order valence-electron chi connectivity index (χ1n) is 13.8. The number of rotatable bonds is 6. The van der Waals surface area contributed by atoms with Gasteiger partial charge in [-0.15, -0.1) is 0 Å². The van der Waals surface area contributed by atoms with E-state index < -0.39 is 44.8 Å². The molecular formula is C20H34Cl6N8O12P2U-6. The summed E-state index contributed by atoms with van der Waals surface area (Å²) in [6.07, 6.45) is 7.79. The number of halogens is 6. The summed E-state index contributed by atoms with van der Waals surface area (Å²) in [6.45, 7) is 5.62. The van der Waals surface area contributed by atoms with Gasteiger partial charge in [0.25, 0.3) is 19.4 Å². The van der Waals surface area contributed by atoms with Gasteiger partial charge in [0.05, 0.1) is 10.2 Å². The predicted molar refractivity (Wildman–Crippen MR) is 177 cm³/mol. The third-order valence-corrected chi connectivity index (χ3v) is 13.6. The summed E-state index contributed by atoms with van der Waals surface area (Å²) >= 11 is 33.4. The fraction of sp³-hybridized carbons (Fsp3) is 0.900. The minimum absolute atomic E-state index is 0. The van der Waals surface area contributed by atoms with Crippen LogP contribution in [0.15, 0.2) is 0 Å². The van der Waals surface area contributed by atoms with Crippen LogP contribution in [0.2, 0.25) is 0 Å². The summed E-state index contributed by atoms with van der Waals surface area (Å²) in [6, 6.07) is 0. The van der Waals surface area contributed by atoms with Crippen LogP contribution < -0.4 is 10.2 Å². The maximum Gasteiger partial charge on any atom is 0.310 e. The van der Waals surface area contributed by atoms with Crippen molar-refractivity contribution < 1.29 is 71.0 Å². The molecule has 0 atom stereocenters. The Morgan fingerprint density at radius 3 is 0.776 bits per heavy atom. The number of hydrogen-bond donors (Lipinski definition) is 2. The molecule has 288 valence electrons. The van der Waals surface area contributed by atoms with Gasteiger partial charge in [-0.05, 0) is 51.4 Å². The van der Waals surface area contributed by atoms with E-state index in [1.807, 2.05) is 18.7 Å². The Labute approximate surface area is 336 Å². The van der Waals surface area contributed by atoms with Gasteiger partial charge >= 0.3 is 15.2 Å². The molecule has 2 N–H and O–H groups in total. The van der Waals surface area contributed by atoms with Gasteiger partial charge in [0.1, 0.15) is 0 Å². The second kappa shape index (κ2) is 24.6. The van der Waals surface area contributed by atoms with Crippen LogP contribution in [0.5, 0.6) is 0 Å². The third-order valence-electron chi connectivity index (χ3n) is 6.87. The molecular weight excluding hydrogens is 1060 g/mol. The first-order valence-corrected chi connectivity index (χ1v) is 19.3. The van der Waals surface area contributed by atoms with Crippen LogP contribution in [-0.4, -0.2) is 101 Å². The van der Waals surface area contributed by atoms with E-state index in [0.29, 0.717) is 52.4 Å². The molecule has 0 spiro atoms. The maximum atomic E-state index is 13.2. The average molecular weight is 1090 g/mol. The Morgan fingerprint density at radius 1 is 0.510 bits per heavy atom. The molecule has 4 rings (SSSR count). The monoisotopic (exact) mass is 1090 g/mol. The Morgan fingerprint density at radius 2 is 0.653 bits per heavy atom. The topological polar surface area (TPSA) is 295 Å². The van der Waals surface area contributed by atoms with Crippen molar-refractivity contribution >= 4 is 96.6 Å². The molecule has 2 amide bonds. The largest absolute Gasteiger partial charge is 2.00 e. The van der Waals surface area contributed by atoms with Gasteiger partial charge in [-0.1, -0.05) is 69.6 Å². The second-order valence-electron chi connectivity index (χ2n) is 10.1. The van der Waals surface area contributed by atoms with Gasteiger partial charge in [0, 0.05) is 83.5 Å². The van der Waals surface area contributed by atoms with E-state index in [-0.39, 0.29) is 42.1 Å². The molecule has 0 radical (unpaired) electrons. The number of nitrogens with one attached hydrogen (secondary N) is 2. The quantitative estimate of drug-likeness (QED) is 0.156. The molecule has 29 heteroatoms. The Balaban J connectivity index is -0.000000675. The summed E-state index contributed by atoms with van der Waals surface area (Å²) in [7, 11) is -6.31. The molecule has 0 bridgehead atoms. The van der Waals surface area contributed by atoms with Gasteiger partial charge < -0.3 is 41.6 Å². The van der Waals surface area contributed by atoms with Crippen LogP contribution in [0.25, 0.3) is 0 Å². The smallest absolute Gasteiger partial charge is 0.310 e. The normalized spacial score (nSPS) is 18.7. The van der Waals surface area contributed by atoms with Crippen molar-refractivity contribution in [3.63, 3.8) is 0 Å². The number of carbonyl (C=O) groups is 2. The third kappa shape index (κ3) is 18.8. The zero-order chi connectivity index (χ0) is 35.3. The average Bonchev–Trinajstić information content (AvgIpc) is 3.76. The molecule has 20 nitrogen and oxygen atoms in total. The predicted octanol–water partition coefficient (Wildman–Crippen LogP) is 4.83. The van der Waals surface area contributed by atoms with Crippen LogP contribution in [-0.2, 0) is 29.7 Å². The summed E-state index contributed by atoms with van der Waals surface area (Å²) in [4.78, 5) is 40.2. The van der Waals surface area contributed by atoms with Gasteiger partial charge in [0.15, 0.2) is 0 Å². The summed E-state index contributed by atoms with van der Waals surface area (Å²) in [5.74, 6) is -1.64. The molecule has 0 aromatic carbocycles. The maximum absolute atomic E-state index is 13.2. The van der Waals surface area contributed by atoms with Gasteiger partial charge in [0.2, 0.25) is 0 Å². The number of amides is 2. The van der Waals surface area contributed by atoms with E-state index in [1.54, 1.807) is 0 Å². The van der Waals surface area contributed by atoms with E-state index >= 15 is 0 Å². The molecule has 0 aliphatic carbocycles.